The third-order valence-corrected chi connectivity index (χ3v) is 4.41. The van der Waals surface area contributed by atoms with Crippen LogP contribution in [0, 0.1) is 0 Å². The normalized spacial score (nSPS) is 13.7. The van der Waals surface area contributed by atoms with Gasteiger partial charge in [0.15, 0.2) is 5.65 Å². The molecule has 1 fully saturated rings. The molecule has 0 bridgehead atoms. The van der Waals surface area contributed by atoms with Crippen molar-refractivity contribution < 1.29 is 4.74 Å². The zero-order valence-corrected chi connectivity index (χ0v) is 14.0. The molecule has 1 aliphatic rings. The Labute approximate surface area is 150 Å². The van der Waals surface area contributed by atoms with Gasteiger partial charge in [0.1, 0.15) is 5.75 Å². The van der Waals surface area contributed by atoms with E-state index in [1.807, 2.05) is 42.5 Å². The van der Waals surface area contributed by atoms with Crippen LogP contribution in [0.1, 0.15) is 24.3 Å². The fourth-order valence-electron chi connectivity index (χ4n) is 2.95. The van der Waals surface area contributed by atoms with Crippen molar-refractivity contribution in [3.63, 3.8) is 0 Å². The van der Waals surface area contributed by atoms with Crippen molar-refractivity contribution in [3.8, 4) is 11.6 Å². The van der Waals surface area contributed by atoms with Crippen molar-refractivity contribution in [3.05, 3.63) is 66.5 Å². The van der Waals surface area contributed by atoms with Crippen molar-refractivity contribution in [2.75, 3.05) is 5.32 Å². The number of fused-ring (bicyclic) bond motifs is 1. The van der Waals surface area contributed by atoms with Crippen LogP contribution in [-0.2, 0) is 0 Å². The van der Waals surface area contributed by atoms with E-state index in [1.54, 1.807) is 12.4 Å². The number of rotatable bonds is 5. The lowest BCUT2D eigenvalue weighted by atomic mass is 10.2. The molecule has 0 radical (unpaired) electrons. The number of hydrogen-bond donors (Lipinski definition) is 2. The van der Waals surface area contributed by atoms with E-state index in [0.717, 1.165) is 17.0 Å². The van der Waals surface area contributed by atoms with Crippen LogP contribution < -0.4 is 10.1 Å². The van der Waals surface area contributed by atoms with E-state index in [2.05, 4.69) is 31.3 Å². The van der Waals surface area contributed by atoms with Crippen molar-refractivity contribution >= 4 is 22.8 Å². The highest BCUT2D eigenvalue weighted by molar-refractivity contribution is 5.74. The van der Waals surface area contributed by atoms with Crippen molar-refractivity contribution in [1.82, 2.24) is 19.9 Å². The highest BCUT2D eigenvalue weighted by atomic mass is 16.5. The van der Waals surface area contributed by atoms with E-state index in [0.29, 0.717) is 23.4 Å². The van der Waals surface area contributed by atoms with Gasteiger partial charge in [-0.2, -0.15) is 4.98 Å². The van der Waals surface area contributed by atoms with Gasteiger partial charge in [0.05, 0.1) is 5.52 Å². The summed E-state index contributed by atoms with van der Waals surface area (Å²) in [7, 11) is 0. The second-order valence-corrected chi connectivity index (χ2v) is 6.38. The van der Waals surface area contributed by atoms with E-state index in [4.69, 9.17) is 4.74 Å². The molecule has 2 N–H and O–H groups in total. The molecule has 4 aromatic rings. The van der Waals surface area contributed by atoms with Crippen molar-refractivity contribution in [1.29, 1.82) is 0 Å². The van der Waals surface area contributed by atoms with E-state index in [-0.39, 0.29) is 0 Å². The number of benzene rings is 1. The van der Waals surface area contributed by atoms with Crippen LogP contribution >= 0.6 is 0 Å². The lowest BCUT2D eigenvalue weighted by Crippen LogP contribution is -1.94. The van der Waals surface area contributed by atoms with Crippen LogP contribution in [0.5, 0.6) is 11.6 Å². The summed E-state index contributed by atoms with van der Waals surface area (Å²) in [6.45, 7) is 0. The molecule has 26 heavy (non-hydrogen) atoms. The smallest absolute Gasteiger partial charge is 0.222 e. The summed E-state index contributed by atoms with van der Waals surface area (Å²) in [5, 5.41) is 3.25. The quantitative estimate of drug-likeness (QED) is 0.546. The van der Waals surface area contributed by atoms with Crippen LogP contribution in [-0.4, -0.2) is 19.9 Å². The molecule has 0 aliphatic heterocycles. The fourth-order valence-corrected chi connectivity index (χ4v) is 2.95. The maximum absolute atomic E-state index is 5.99. The lowest BCUT2D eigenvalue weighted by molar-refractivity contribution is 0.456. The summed E-state index contributed by atoms with van der Waals surface area (Å²) >= 11 is 0. The van der Waals surface area contributed by atoms with E-state index < -0.39 is 0 Å². The molecule has 1 saturated carbocycles. The first-order chi connectivity index (χ1) is 12.8. The van der Waals surface area contributed by atoms with Gasteiger partial charge in [-0.25, -0.2) is 9.97 Å². The second-order valence-electron chi connectivity index (χ2n) is 6.38. The zero-order chi connectivity index (χ0) is 17.3. The molecular weight excluding hydrogens is 326 g/mol. The molecular formula is C20H17N5O. The molecule has 128 valence electrons. The monoisotopic (exact) mass is 343 g/mol. The molecule has 1 aromatic carbocycles. The van der Waals surface area contributed by atoms with Crippen LogP contribution in [0.3, 0.4) is 0 Å². The Morgan fingerprint density at radius 1 is 0.962 bits per heavy atom. The topological polar surface area (TPSA) is 75.7 Å². The molecule has 0 amide bonds. The minimum absolute atomic E-state index is 0.598. The Morgan fingerprint density at radius 3 is 2.58 bits per heavy atom. The number of nitrogens with zero attached hydrogens (tertiary/aromatic N) is 3. The Morgan fingerprint density at radius 2 is 1.77 bits per heavy atom. The summed E-state index contributed by atoms with van der Waals surface area (Å²) in [6.07, 6.45) is 5.94. The first-order valence-corrected chi connectivity index (χ1v) is 8.66. The third kappa shape index (κ3) is 2.97. The largest absolute Gasteiger partial charge is 0.439 e. The predicted octanol–water partition coefficient (Wildman–Crippen LogP) is 4.77. The number of aromatic amines is 1. The van der Waals surface area contributed by atoms with Gasteiger partial charge in [-0.1, -0.05) is 6.07 Å². The molecule has 0 atom stereocenters. The molecule has 3 heterocycles. The number of nitrogens with one attached hydrogen (secondary N) is 2. The average molecular weight is 343 g/mol. The minimum atomic E-state index is 0.598. The van der Waals surface area contributed by atoms with Crippen LogP contribution in [0.25, 0.3) is 11.2 Å². The maximum Gasteiger partial charge on any atom is 0.222 e. The average Bonchev–Trinajstić information content (AvgIpc) is 3.43. The van der Waals surface area contributed by atoms with Gasteiger partial charge in [0.25, 0.3) is 0 Å². The first kappa shape index (κ1) is 14.9. The van der Waals surface area contributed by atoms with Gasteiger partial charge in [-0.15, -0.1) is 0 Å². The molecule has 0 saturated heterocycles. The number of hydrogen-bond acceptors (Lipinski definition) is 5. The second kappa shape index (κ2) is 6.15. The van der Waals surface area contributed by atoms with Crippen LogP contribution in [0.15, 0.2) is 60.9 Å². The van der Waals surface area contributed by atoms with Gasteiger partial charge in [-0.05, 0) is 61.2 Å². The molecule has 6 heteroatoms. The molecule has 1 aliphatic carbocycles. The van der Waals surface area contributed by atoms with E-state index >= 15 is 0 Å². The number of aromatic nitrogens is 4. The number of ether oxygens (including phenoxy) is 1. The van der Waals surface area contributed by atoms with E-state index in [1.165, 1.54) is 18.4 Å². The van der Waals surface area contributed by atoms with Crippen molar-refractivity contribution in [2.24, 2.45) is 0 Å². The maximum atomic E-state index is 5.99. The number of anilines is 2. The summed E-state index contributed by atoms with van der Waals surface area (Å²) in [4.78, 5) is 16.2. The van der Waals surface area contributed by atoms with Crippen LogP contribution in [0.2, 0.25) is 0 Å². The van der Waals surface area contributed by atoms with Gasteiger partial charge in [-0.3, -0.25) is 0 Å². The van der Waals surface area contributed by atoms with Crippen molar-refractivity contribution in [2.45, 2.75) is 18.8 Å². The standard InChI is InChI=1S/C20H17N5O/c1-3-16(13-5-6-13)19(22-12-1)26-15-9-7-14(8-10-15)23-20-24-17-4-2-11-21-18(17)25-20/h1-4,7-13H,5-6H2,(H2,21,23,24,25). The molecule has 0 unspecified atom stereocenters. The molecule has 5 rings (SSSR count). The van der Waals surface area contributed by atoms with Gasteiger partial charge in [0.2, 0.25) is 11.8 Å². The number of imidazole rings is 1. The summed E-state index contributed by atoms with van der Waals surface area (Å²) in [5.41, 5.74) is 3.71. The number of H-pyrrole nitrogens is 1. The molecule has 0 spiro atoms. The fraction of sp³-hybridized carbons (Fsp3) is 0.150. The van der Waals surface area contributed by atoms with Crippen LogP contribution in [0.4, 0.5) is 11.6 Å². The van der Waals surface area contributed by atoms with E-state index in [9.17, 15) is 0 Å². The Kier molecular flexibility index (Phi) is 3.52. The summed E-state index contributed by atoms with van der Waals surface area (Å²) in [5.74, 6) is 2.73. The summed E-state index contributed by atoms with van der Waals surface area (Å²) < 4.78 is 5.99. The SMILES string of the molecule is c1cnc(Oc2ccc(Nc3nc4ncccc4[nH]3)cc2)c(C2CC2)c1. The van der Waals surface area contributed by atoms with Gasteiger partial charge >= 0.3 is 0 Å². The highest BCUT2D eigenvalue weighted by Crippen LogP contribution is 2.44. The molecule has 3 aromatic heterocycles. The third-order valence-electron chi connectivity index (χ3n) is 4.41. The Balaban J connectivity index is 1.33. The summed E-state index contributed by atoms with van der Waals surface area (Å²) in [6, 6.07) is 15.7. The Bertz CT molecular complexity index is 1020. The zero-order valence-electron chi connectivity index (χ0n) is 14.0. The highest BCUT2D eigenvalue weighted by Gasteiger charge is 2.27. The number of pyridine rings is 2. The first-order valence-electron chi connectivity index (χ1n) is 8.66. The Hall–Kier alpha value is -3.41. The van der Waals surface area contributed by atoms with Gasteiger partial charge < -0.3 is 15.0 Å². The van der Waals surface area contributed by atoms with Gasteiger partial charge in [0, 0.05) is 23.6 Å². The predicted molar refractivity (Wildman–Crippen MR) is 99.9 cm³/mol. The minimum Gasteiger partial charge on any atom is -0.439 e. The lowest BCUT2D eigenvalue weighted by Gasteiger charge is -2.10. The molecule has 6 nitrogen and oxygen atoms in total.